The lowest BCUT2D eigenvalue weighted by atomic mass is 10.0. The molecule has 116 valence electrons. The van der Waals surface area contributed by atoms with Crippen molar-refractivity contribution in [3.05, 3.63) is 54.4 Å². The smallest absolute Gasteiger partial charge is 0.119 e. The van der Waals surface area contributed by atoms with Gasteiger partial charge >= 0.3 is 0 Å². The van der Waals surface area contributed by atoms with Gasteiger partial charge in [-0.25, -0.2) is 4.99 Å². The molecule has 2 N–H and O–H groups in total. The number of hydrogen-bond donors (Lipinski definition) is 2. The third-order valence-corrected chi connectivity index (χ3v) is 3.27. The molecule has 1 atom stereocenters. The number of aliphatic imine (C=N–C) groups is 1. The molecule has 0 aliphatic carbocycles. The van der Waals surface area contributed by atoms with E-state index < -0.39 is 0 Å². The van der Waals surface area contributed by atoms with Gasteiger partial charge in [-0.15, -0.1) is 0 Å². The summed E-state index contributed by atoms with van der Waals surface area (Å²) in [4.78, 5) is 8.31. The molecule has 1 aromatic carbocycles. The van der Waals surface area contributed by atoms with Gasteiger partial charge in [0.2, 0.25) is 0 Å². The Morgan fingerprint density at radius 2 is 2.09 bits per heavy atom. The quantitative estimate of drug-likeness (QED) is 0.445. The van der Waals surface area contributed by atoms with Crippen LogP contribution in [0.1, 0.15) is 19.0 Å². The highest BCUT2D eigenvalue weighted by atomic mass is 16.5. The van der Waals surface area contributed by atoms with E-state index in [4.69, 9.17) is 9.94 Å². The Hall–Kier alpha value is -2.40. The van der Waals surface area contributed by atoms with Crippen LogP contribution in [-0.4, -0.2) is 23.1 Å². The second-order valence-electron chi connectivity index (χ2n) is 5.15. The minimum absolute atomic E-state index is 0.523. The van der Waals surface area contributed by atoms with Gasteiger partial charge in [0.25, 0.3) is 0 Å². The molecular weight excluding hydrogens is 278 g/mol. The van der Waals surface area contributed by atoms with Crippen LogP contribution < -0.4 is 10.2 Å². The Kier molecular flexibility index (Phi) is 6.39. The van der Waals surface area contributed by atoms with Gasteiger partial charge in [0.15, 0.2) is 0 Å². The van der Waals surface area contributed by atoms with Crippen LogP contribution in [-0.2, 0) is 6.42 Å². The third kappa shape index (κ3) is 5.54. The molecule has 0 radical (unpaired) electrons. The predicted octanol–water partition coefficient (Wildman–Crippen LogP) is 3.37. The molecule has 0 aliphatic heterocycles. The number of rotatable bonds is 8. The zero-order valence-electron chi connectivity index (χ0n) is 12.6. The maximum absolute atomic E-state index is 8.43. The van der Waals surface area contributed by atoms with Gasteiger partial charge in [-0.1, -0.05) is 13.0 Å². The summed E-state index contributed by atoms with van der Waals surface area (Å²) in [5.74, 6) is 1.34. The van der Waals surface area contributed by atoms with Gasteiger partial charge < -0.3 is 4.74 Å². The second-order valence-corrected chi connectivity index (χ2v) is 5.15. The van der Waals surface area contributed by atoms with Gasteiger partial charge in [-0.05, 0) is 55.2 Å². The van der Waals surface area contributed by atoms with E-state index in [-0.39, 0.29) is 0 Å². The van der Waals surface area contributed by atoms with Crippen LogP contribution in [0, 0.1) is 5.92 Å². The van der Waals surface area contributed by atoms with E-state index in [0.29, 0.717) is 12.5 Å². The third-order valence-electron chi connectivity index (χ3n) is 3.27. The average Bonchev–Trinajstić information content (AvgIpc) is 2.55. The molecule has 1 unspecified atom stereocenters. The van der Waals surface area contributed by atoms with Gasteiger partial charge in [0, 0.05) is 11.9 Å². The Morgan fingerprint density at radius 3 is 2.77 bits per heavy atom. The summed E-state index contributed by atoms with van der Waals surface area (Å²) >= 11 is 0. The first-order chi connectivity index (χ1) is 10.8. The maximum atomic E-state index is 8.43. The number of nitrogens with one attached hydrogen (secondary N) is 1. The zero-order valence-corrected chi connectivity index (χ0v) is 12.6. The first kappa shape index (κ1) is 16.0. The highest BCUT2D eigenvalue weighted by Crippen LogP contribution is 2.18. The number of hydroxylamine groups is 1. The summed E-state index contributed by atoms with van der Waals surface area (Å²) in [7, 11) is 0. The molecule has 1 heterocycles. The van der Waals surface area contributed by atoms with Crippen LogP contribution in [0.15, 0.2) is 53.7 Å². The van der Waals surface area contributed by atoms with Crippen molar-refractivity contribution in [2.75, 3.05) is 6.61 Å². The molecule has 2 aromatic rings. The molecule has 5 nitrogen and oxygen atoms in total. The highest BCUT2D eigenvalue weighted by molar-refractivity contribution is 5.59. The lowest BCUT2D eigenvalue weighted by molar-refractivity contribution is 0.240. The van der Waals surface area contributed by atoms with E-state index in [1.165, 1.54) is 6.34 Å². The van der Waals surface area contributed by atoms with Crippen LogP contribution in [0.25, 0.3) is 0 Å². The van der Waals surface area contributed by atoms with Crippen LogP contribution in [0.2, 0.25) is 0 Å². The van der Waals surface area contributed by atoms with E-state index >= 15 is 0 Å². The number of hydrogen-bond acceptors (Lipinski definition) is 4. The number of aromatic nitrogens is 1. The normalized spacial score (nSPS) is 12.3. The SMILES string of the molecule is CC(CCOc1ccc(N=CNO)cc1)Cc1ccccn1. The van der Waals surface area contributed by atoms with Crippen molar-refractivity contribution in [1.29, 1.82) is 0 Å². The molecule has 0 saturated carbocycles. The van der Waals surface area contributed by atoms with Crippen molar-refractivity contribution < 1.29 is 9.94 Å². The van der Waals surface area contributed by atoms with Crippen molar-refractivity contribution in [3.63, 3.8) is 0 Å². The molecular formula is C17H21N3O2. The summed E-state index contributed by atoms with van der Waals surface area (Å²) in [5.41, 5.74) is 3.74. The molecule has 0 bridgehead atoms. The first-order valence-electron chi connectivity index (χ1n) is 7.33. The largest absolute Gasteiger partial charge is 0.494 e. The van der Waals surface area contributed by atoms with E-state index in [1.54, 1.807) is 0 Å². The fourth-order valence-corrected chi connectivity index (χ4v) is 2.09. The lowest BCUT2D eigenvalue weighted by Crippen LogP contribution is -2.07. The monoisotopic (exact) mass is 299 g/mol. The minimum atomic E-state index is 0.523. The number of pyridine rings is 1. The molecule has 0 saturated heterocycles. The van der Waals surface area contributed by atoms with Gasteiger partial charge in [-0.3, -0.25) is 15.7 Å². The Morgan fingerprint density at radius 1 is 1.27 bits per heavy atom. The molecule has 1 aromatic heterocycles. The summed E-state index contributed by atoms with van der Waals surface area (Å²) < 4.78 is 5.74. The van der Waals surface area contributed by atoms with Crippen LogP contribution in [0.5, 0.6) is 5.75 Å². The van der Waals surface area contributed by atoms with Crippen LogP contribution in [0.4, 0.5) is 5.69 Å². The topological polar surface area (TPSA) is 66.7 Å². The molecule has 5 heteroatoms. The van der Waals surface area contributed by atoms with Gasteiger partial charge in [0.1, 0.15) is 12.1 Å². The van der Waals surface area contributed by atoms with E-state index in [0.717, 1.165) is 30.0 Å². The Labute approximate surface area is 130 Å². The second kappa shape index (κ2) is 8.79. The Bertz CT molecular complexity index is 570. The van der Waals surface area contributed by atoms with Crippen molar-refractivity contribution in [2.24, 2.45) is 10.9 Å². The van der Waals surface area contributed by atoms with Gasteiger partial charge in [0.05, 0.1) is 12.3 Å². The van der Waals surface area contributed by atoms with Crippen LogP contribution in [0.3, 0.4) is 0 Å². The van der Waals surface area contributed by atoms with E-state index in [1.807, 2.05) is 48.1 Å². The number of benzene rings is 1. The summed E-state index contributed by atoms with van der Waals surface area (Å²) in [5, 5.41) is 8.43. The summed E-state index contributed by atoms with van der Waals surface area (Å²) in [6.07, 6.45) is 4.99. The standard InChI is InChI=1S/C17H21N3O2/c1-14(12-16-4-2-3-10-18-16)9-11-22-17-7-5-15(6-8-17)19-13-20-21/h2-8,10,13-14,21H,9,11-12H2,1H3,(H,19,20). The van der Waals surface area contributed by atoms with E-state index in [2.05, 4.69) is 23.0 Å². The minimum Gasteiger partial charge on any atom is -0.494 e. The molecule has 2 rings (SSSR count). The number of nitrogens with zero attached hydrogens (tertiary/aromatic N) is 2. The molecule has 22 heavy (non-hydrogen) atoms. The van der Waals surface area contributed by atoms with Crippen molar-refractivity contribution in [1.82, 2.24) is 10.5 Å². The molecule has 0 aliphatic rings. The van der Waals surface area contributed by atoms with Crippen molar-refractivity contribution in [3.8, 4) is 5.75 Å². The fraction of sp³-hybridized carbons (Fsp3) is 0.294. The molecule has 0 amide bonds. The first-order valence-corrected chi connectivity index (χ1v) is 7.33. The number of ether oxygens (including phenoxy) is 1. The maximum Gasteiger partial charge on any atom is 0.119 e. The fourth-order valence-electron chi connectivity index (χ4n) is 2.09. The zero-order chi connectivity index (χ0) is 15.6. The summed E-state index contributed by atoms with van der Waals surface area (Å²) in [6.45, 7) is 2.88. The van der Waals surface area contributed by atoms with E-state index in [9.17, 15) is 0 Å². The Balaban J connectivity index is 1.72. The van der Waals surface area contributed by atoms with Crippen molar-refractivity contribution >= 4 is 12.0 Å². The molecule has 0 spiro atoms. The van der Waals surface area contributed by atoms with Crippen molar-refractivity contribution in [2.45, 2.75) is 19.8 Å². The lowest BCUT2D eigenvalue weighted by Gasteiger charge is -2.12. The average molecular weight is 299 g/mol. The highest BCUT2D eigenvalue weighted by Gasteiger charge is 2.05. The predicted molar refractivity (Wildman–Crippen MR) is 86.7 cm³/mol. The van der Waals surface area contributed by atoms with Gasteiger partial charge in [-0.2, -0.15) is 0 Å². The van der Waals surface area contributed by atoms with Crippen LogP contribution >= 0.6 is 0 Å². The molecule has 0 fully saturated rings. The summed E-state index contributed by atoms with van der Waals surface area (Å²) in [6, 6.07) is 13.4.